The van der Waals surface area contributed by atoms with Gasteiger partial charge in [-0.05, 0) is 62.9 Å². The molecule has 5 rings (SSSR count). The molecule has 31 heavy (non-hydrogen) atoms. The van der Waals surface area contributed by atoms with Crippen molar-refractivity contribution in [2.24, 2.45) is 0 Å². The van der Waals surface area contributed by atoms with E-state index in [4.69, 9.17) is 9.15 Å². The van der Waals surface area contributed by atoms with E-state index in [1.165, 1.54) is 11.3 Å². The number of rotatable bonds is 3. The molecular formula is C25H24BrNO4. The maximum atomic E-state index is 13.2. The van der Waals surface area contributed by atoms with E-state index in [0.29, 0.717) is 40.8 Å². The van der Waals surface area contributed by atoms with Crippen LogP contribution in [0.2, 0.25) is 0 Å². The largest absolute Gasteiger partial charge is 0.872 e. The number of hydrogen-bond acceptors (Lipinski definition) is 4. The number of fused-ring (bicyclic) bond motifs is 2. The number of likely N-dealkylation sites (tertiary alicyclic amines) is 1. The number of ether oxygens (including phenoxy) is 1. The predicted molar refractivity (Wildman–Crippen MR) is 120 cm³/mol. The van der Waals surface area contributed by atoms with Crippen LogP contribution < -0.4 is 14.7 Å². The van der Waals surface area contributed by atoms with Crippen molar-refractivity contribution in [3.63, 3.8) is 0 Å². The molecule has 0 bridgehead atoms. The number of carbonyl (C=O) groups excluding carboxylic acids is 1. The summed E-state index contributed by atoms with van der Waals surface area (Å²) in [6, 6.07) is 9.69. The van der Waals surface area contributed by atoms with Gasteiger partial charge in [0.05, 0.1) is 18.2 Å². The Kier molecular flexibility index (Phi) is 5.15. The van der Waals surface area contributed by atoms with Gasteiger partial charge in [0.2, 0.25) is 5.78 Å². The average molecular weight is 482 g/mol. The highest BCUT2D eigenvalue weighted by atomic mass is 79.9. The van der Waals surface area contributed by atoms with Crippen LogP contribution >= 0.6 is 15.9 Å². The maximum absolute atomic E-state index is 13.2. The smallest absolute Gasteiger partial charge is 0.232 e. The summed E-state index contributed by atoms with van der Waals surface area (Å²) in [5, 5.41) is 13.8. The molecule has 3 heterocycles. The Hall–Kier alpha value is -2.57. The van der Waals surface area contributed by atoms with E-state index < -0.39 is 0 Å². The number of Topliss-reactive ketones (excluding diaryl/α,β-unsaturated/α-hetero) is 1. The van der Waals surface area contributed by atoms with Gasteiger partial charge in [-0.2, -0.15) is 0 Å². The van der Waals surface area contributed by atoms with E-state index in [1.54, 1.807) is 19.1 Å². The Morgan fingerprint density at radius 1 is 1.26 bits per heavy atom. The summed E-state index contributed by atoms with van der Waals surface area (Å²) in [5.74, 6) is 0.928. The van der Waals surface area contributed by atoms with Crippen LogP contribution in [-0.4, -0.2) is 18.4 Å². The molecule has 6 heteroatoms. The summed E-state index contributed by atoms with van der Waals surface area (Å²) < 4.78 is 12.9. The molecule has 1 N–H and O–H groups in total. The van der Waals surface area contributed by atoms with Crippen LogP contribution in [0.5, 0.6) is 11.5 Å². The zero-order chi connectivity index (χ0) is 21.7. The molecule has 1 aromatic heterocycles. The number of aryl methyl sites for hydroxylation is 1. The number of hydrogen-bond donors (Lipinski definition) is 1. The Labute approximate surface area is 189 Å². The standard InChI is InChI=1S/C25H24BrNO4/c1-14-9-20(28)19(13-27-8-4-3-5-15(27)2)25-23(14)24(29)22(31-25)12-18-11-16-10-17(26)6-7-21(16)30-18/h6-7,9-12,15,28H,3-5,8,13H2,1-2H3. The monoisotopic (exact) mass is 481 g/mol. The minimum absolute atomic E-state index is 0.0517. The van der Waals surface area contributed by atoms with Crippen molar-refractivity contribution >= 4 is 38.8 Å². The molecule has 1 saturated heterocycles. The topological polar surface area (TPSA) is 66.9 Å². The van der Waals surface area contributed by atoms with Crippen molar-refractivity contribution in [2.75, 3.05) is 6.54 Å². The number of piperidine rings is 1. The summed E-state index contributed by atoms with van der Waals surface area (Å²) in [4.78, 5) is 14.5. The second-order valence-corrected chi connectivity index (χ2v) is 9.54. The first-order chi connectivity index (χ1) is 14.9. The number of nitrogens with one attached hydrogen (secondary N) is 1. The van der Waals surface area contributed by atoms with Gasteiger partial charge in [0, 0.05) is 21.5 Å². The summed E-state index contributed by atoms with van der Waals surface area (Å²) in [7, 11) is 0. The molecule has 2 aliphatic rings. The van der Waals surface area contributed by atoms with Gasteiger partial charge in [0.1, 0.15) is 23.6 Å². The fraction of sp³-hybridized carbons (Fsp3) is 0.320. The van der Waals surface area contributed by atoms with Crippen molar-refractivity contribution in [3.8, 4) is 11.5 Å². The van der Waals surface area contributed by atoms with Crippen molar-refractivity contribution in [1.82, 2.24) is 0 Å². The van der Waals surface area contributed by atoms with Gasteiger partial charge in [-0.1, -0.05) is 27.7 Å². The lowest BCUT2D eigenvalue weighted by Gasteiger charge is -2.32. The predicted octanol–water partition coefficient (Wildman–Crippen LogP) is 4.15. The first-order valence-corrected chi connectivity index (χ1v) is 11.5. The van der Waals surface area contributed by atoms with Gasteiger partial charge in [0.25, 0.3) is 0 Å². The Balaban J connectivity index is 1.51. The zero-order valence-electron chi connectivity index (χ0n) is 17.6. The highest BCUT2D eigenvalue weighted by Crippen LogP contribution is 2.41. The molecule has 0 spiro atoms. The van der Waals surface area contributed by atoms with Crippen molar-refractivity contribution in [2.45, 2.75) is 45.7 Å². The first-order valence-electron chi connectivity index (χ1n) is 10.7. The third-order valence-electron chi connectivity index (χ3n) is 6.46. The molecule has 1 fully saturated rings. The average Bonchev–Trinajstić information content (AvgIpc) is 3.27. The van der Waals surface area contributed by atoms with Crippen LogP contribution in [0.3, 0.4) is 0 Å². The molecule has 0 saturated carbocycles. The summed E-state index contributed by atoms with van der Waals surface area (Å²) in [6.45, 7) is 5.64. The molecule has 2 aromatic carbocycles. The molecule has 0 amide bonds. The second-order valence-electron chi connectivity index (χ2n) is 8.63. The molecule has 5 nitrogen and oxygen atoms in total. The molecule has 160 valence electrons. The van der Waals surface area contributed by atoms with E-state index in [0.717, 1.165) is 34.8 Å². The second kappa shape index (κ2) is 7.84. The van der Waals surface area contributed by atoms with Gasteiger partial charge in [-0.15, -0.1) is 0 Å². The fourth-order valence-corrected chi connectivity index (χ4v) is 5.09. The molecule has 2 unspecified atom stereocenters. The van der Waals surface area contributed by atoms with E-state index in [9.17, 15) is 9.90 Å². The lowest BCUT2D eigenvalue weighted by atomic mass is 9.97. The Morgan fingerprint density at radius 3 is 2.90 bits per heavy atom. The van der Waals surface area contributed by atoms with Crippen LogP contribution in [0.4, 0.5) is 0 Å². The number of quaternary nitrogens is 1. The Bertz CT molecular complexity index is 1230. The maximum Gasteiger partial charge on any atom is 0.232 e. The van der Waals surface area contributed by atoms with Crippen molar-refractivity contribution in [3.05, 3.63) is 63.0 Å². The number of carbonyl (C=O) groups is 1. The minimum atomic E-state index is -0.197. The van der Waals surface area contributed by atoms with Crippen LogP contribution in [0.25, 0.3) is 17.0 Å². The lowest BCUT2D eigenvalue weighted by Crippen LogP contribution is -3.14. The number of benzene rings is 2. The van der Waals surface area contributed by atoms with Gasteiger partial charge in [-0.25, -0.2) is 0 Å². The number of furan rings is 1. The van der Waals surface area contributed by atoms with E-state index in [2.05, 4.69) is 22.9 Å². The third-order valence-corrected chi connectivity index (χ3v) is 6.95. The highest BCUT2D eigenvalue weighted by molar-refractivity contribution is 9.10. The summed E-state index contributed by atoms with van der Waals surface area (Å²) in [5.41, 5.74) is 2.50. The van der Waals surface area contributed by atoms with Gasteiger partial charge in [0.15, 0.2) is 5.76 Å². The van der Waals surface area contributed by atoms with Crippen molar-refractivity contribution < 1.29 is 24.0 Å². The van der Waals surface area contributed by atoms with E-state index in [-0.39, 0.29) is 17.3 Å². The molecular weight excluding hydrogens is 458 g/mol. The molecule has 2 atom stereocenters. The first kappa shape index (κ1) is 20.3. The highest BCUT2D eigenvalue weighted by Gasteiger charge is 2.34. The third kappa shape index (κ3) is 3.68. The number of allylic oxidation sites excluding steroid dienone is 1. The van der Waals surface area contributed by atoms with Crippen molar-refractivity contribution in [1.29, 1.82) is 0 Å². The summed E-state index contributed by atoms with van der Waals surface area (Å²) >= 11 is 3.46. The lowest BCUT2D eigenvalue weighted by molar-refractivity contribution is -0.942. The van der Waals surface area contributed by atoms with Gasteiger partial charge in [-0.3, -0.25) is 4.79 Å². The SMILES string of the molecule is Cc1cc([O-])c(C[NH+]2CCCCC2C)c2c1C(=O)C(=Cc1cc3cc(Br)ccc3o1)O2. The Morgan fingerprint density at radius 2 is 2.10 bits per heavy atom. The zero-order valence-corrected chi connectivity index (χ0v) is 19.2. The summed E-state index contributed by atoms with van der Waals surface area (Å²) in [6.07, 6.45) is 5.18. The quantitative estimate of drug-likeness (QED) is 0.570. The van der Waals surface area contributed by atoms with Crippen LogP contribution in [0, 0.1) is 6.92 Å². The number of halogens is 1. The van der Waals surface area contributed by atoms with Crippen LogP contribution in [0.1, 0.15) is 53.4 Å². The van der Waals surface area contributed by atoms with Gasteiger partial charge < -0.3 is 19.2 Å². The fourth-order valence-electron chi connectivity index (χ4n) is 4.71. The van der Waals surface area contributed by atoms with Crippen LogP contribution in [-0.2, 0) is 6.54 Å². The van der Waals surface area contributed by atoms with Crippen LogP contribution in [0.15, 0.2) is 45.0 Å². The number of ketones is 1. The minimum Gasteiger partial charge on any atom is -0.872 e. The van der Waals surface area contributed by atoms with E-state index in [1.807, 2.05) is 24.3 Å². The molecule has 2 aliphatic heterocycles. The molecule has 0 radical (unpaired) electrons. The molecule has 3 aromatic rings. The molecule has 0 aliphatic carbocycles. The normalized spacial score (nSPS) is 22.2. The van der Waals surface area contributed by atoms with Gasteiger partial charge >= 0.3 is 0 Å². The van der Waals surface area contributed by atoms with E-state index >= 15 is 0 Å².